The molecule has 0 aromatic carbocycles. The molecule has 1 aliphatic rings. The summed E-state index contributed by atoms with van der Waals surface area (Å²) in [5.41, 5.74) is -0.0142. The highest BCUT2D eigenvalue weighted by atomic mass is 127. The van der Waals surface area contributed by atoms with Crippen molar-refractivity contribution < 1.29 is 9.13 Å². The van der Waals surface area contributed by atoms with E-state index in [9.17, 15) is 14.3 Å². The van der Waals surface area contributed by atoms with Crippen molar-refractivity contribution in [3.8, 4) is 0 Å². The van der Waals surface area contributed by atoms with E-state index in [0.717, 1.165) is 25.7 Å². The van der Waals surface area contributed by atoms with E-state index in [0.29, 0.717) is 24.8 Å². The van der Waals surface area contributed by atoms with Crippen molar-refractivity contribution in [1.82, 2.24) is 20.4 Å². The minimum Gasteiger partial charge on any atom is -0.355 e. The summed E-state index contributed by atoms with van der Waals surface area (Å²) in [4.78, 5) is 14.4. The highest BCUT2D eigenvalue weighted by molar-refractivity contribution is 14.0. The Hall–Kier alpha value is -1.24. The molecule has 0 aliphatic heterocycles. The summed E-state index contributed by atoms with van der Waals surface area (Å²) in [7, 11) is 0.957. The summed E-state index contributed by atoms with van der Waals surface area (Å²) < 4.78 is 13.6. The summed E-state index contributed by atoms with van der Waals surface area (Å²) in [5, 5.41) is 21.4. The van der Waals surface area contributed by atoms with Gasteiger partial charge in [-0.1, -0.05) is 13.3 Å². The maximum absolute atomic E-state index is 12.0. The lowest BCUT2D eigenvalue weighted by molar-refractivity contribution is -0.385. The number of nitrogens with one attached hydrogen (secondary N) is 2. The van der Waals surface area contributed by atoms with Gasteiger partial charge in [-0.2, -0.15) is 5.10 Å². The monoisotopic (exact) mass is 498 g/mol. The fourth-order valence-electron chi connectivity index (χ4n) is 3.00. The maximum atomic E-state index is 12.0. The molecule has 2 N–H and O–H groups in total. The second-order valence-electron chi connectivity index (χ2n) is 6.02. The molecule has 3 unspecified atom stereocenters. The first kappa shape index (κ1) is 22.8. The van der Waals surface area contributed by atoms with Crippen molar-refractivity contribution in [2.75, 3.05) is 19.3 Å². The first-order valence-electron chi connectivity index (χ1n) is 8.54. The topological polar surface area (TPSA) is 114 Å². The third kappa shape index (κ3) is 6.82. The van der Waals surface area contributed by atoms with E-state index < -0.39 is 15.7 Å². The zero-order valence-corrected chi connectivity index (χ0v) is 18.2. The van der Waals surface area contributed by atoms with Gasteiger partial charge in [-0.15, -0.1) is 24.0 Å². The van der Waals surface area contributed by atoms with E-state index in [1.54, 1.807) is 7.05 Å². The van der Waals surface area contributed by atoms with Gasteiger partial charge in [0, 0.05) is 41.4 Å². The molecule has 148 valence electrons. The van der Waals surface area contributed by atoms with E-state index in [1.165, 1.54) is 17.1 Å². The predicted molar refractivity (Wildman–Crippen MR) is 114 cm³/mol. The van der Waals surface area contributed by atoms with Gasteiger partial charge < -0.3 is 10.6 Å². The lowest BCUT2D eigenvalue weighted by Gasteiger charge is -2.30. The van der Waals surface area contributed by atoms with Crippen LogP contribution in [0.25, 0.3) is 0 Å². The normalized spacial score (nSPS) is 21.5. The number of hydrogen-bond acceptors (Lipinski definition) is 5. The van der Waals surface area contributed by atoms with E-state index in [2.05, 4.69) is 20.7 Å². The Morgan fingerprint density at radius 3 is 2.92 bits per heavy atom. The van der Waals surface area contributed by atoms with Gasteiger partial charge in [0.2, 0.25) is 0 Å². The van der Waals surface area contributed by atoms with Gasteiger partial charge in [0.1, 0.15) is 12.4 Å². The Labute approximate surface area is 173 Å². The van der Waals surface area contributed by atoms with Crippen molar-refractivity contribution in [3.63, 3.8) is 0 Å². The van der Waals surface area contributed by atoms with E-state index >= 15 is 0 Å². The molecule has 0 saturated heterocycles. The Bertz CT molecular complexity index is 639. The van der Waals surface area contributed by atoms with Gasteiger partial charge >= 0.3 is 5.69 Å². The van der Waals surface area contributed by atoms with Gasteiger partial charge in [-0.3, -0.25) is 24.0 Å². The third-order valence-electron chi connectivity index (χ3n) is 4.31. The molecule has 1 aromatic rings. The van der Waals surface area contributed by atoms with Crippen LogP contribution in [0.2, 0.25) is 0 Å². The van der Waals surface area contributed by atoms with Crippen LogP contribution < -0.4 is 10.6 Å². The summed E-state index contributed by atoms with van der Waals surface area (Å²) in [5.74, 6) is 1.40. The number of hydrogen-bond donors (Lipinski definition) is 2. The predicted octanol–water partition coefficient (Wildman–Crippen LogP) is 1.65. The number of rotatable bonds is 7. The SMILES string of the molecule is CCS(=O)C1CCCC(NC(=NC)NCCn2cc([N+](=O)[O-])cn2)C1.I. The number of aromatic nitrogens is 2. The van der Waals surface area contributed by atoms with Crippen molar-refractivity contribution >= 4 is 46.4 Å². The highest BCUT2D eigenvalue weighted by Gasteiger charge is 2.25. The molecule has 2 rings (SSSR count). The molecule has 1 aliphatic carbocycles. The molecule has 0 spiro atoms. The van der Waals surface area contributed by atoms with Crippen LogP contribution in [-0.2, 0) is 17.3 Å². The number of nitro groups is 1. The molecule has 0 amide bonds. The molecular weight excluding hydrogens is 471 g/mol. The third-order valence-corrected chi connectivity index (χ3v) is 6.05. The smallest absolute Gasteiger partial charge is 0.306 e. The molecule has 9 nitrogen and oxygen atoms in total. The van der Waals surface area contributed by atoms with Gasteiger partial charge in [0.15, 0.2) is 5.96 Å². The maximum Gasteiger partial charge on any atom is 0.306 e. The molecule has 3 atom stereocenters. The van der Waals surface area contributed by atoms with Crippen LogP contribution in [0.15, 0.2) is 17.4 Å². The van der Waals surface area contributed by atoms with E-state index in [-0.39, 0.29) is 41.0 Å². The fraction of sp³-hybridized carbons (Fsp3) is 0.733. The standard InChI is InChI=1S/C15H26N6O3S.HI/c1-3-25(24)14-6-4-5-12(9-14)19-15(16-2)17-7-8-20-11-13(10-18-20)21(22)23;/h10-12,14H,3-9H2,1-2H3,(H2,16,17,19);1H. The lowest BCUT2D eigenvalue weighted by atomic mass is 9.95. The second kappa shape index (κ2) is 11.5. The minimum atomic E-state index is -0.750. The van der Waals surface area contributed by atoms with Crippen LogP contribution in [0, 0.1) is 10.1 Å². The molecule has 0 bridgehead atoms. The van der Waals surface area contributed by atoms with E-state index in [1.807, 2.05) is 6.92 Å². The average molecular weight is 498 g/mol. The van der Waals surface area contributed by atoms with Crippen LogP contribution in [0.3, 0.4) is 0 Å². The average Bonchev–Trinajstić information content (AvgIpc) is 3.09. The zero-order chi connectivity index (χ0) is 18.2. The molecule has 0 radical (unpaired) electrons. The van der Waals surface area contributed by atoms with Gasteiger partial charge in [0.25, 0.3) is 0 Å². The molecule has 1 heterocycles. The first-order chi connectivity index (χ1) is 12.0. The summed E-state index contributed by atoms with van der Waals surface area (Å²) in [6.45, 7) is 3.02. The molecule has 1 saturated carbocycles. The molecule has 26 heavy (non-hydrogen) atoms. The van der Waals surface area contributed by atoms with Gasteiger partial charge in [-0.05, 0) is 19.3 Å². The molecule has 1 aromatic heterocycles. The summed E-state index contributed by atoms with van der Waals surface area (Å²) in [6.07, 6.45) is 6.69. The van der Waals surface area contributed by atoms with Gasteiger partial charge in [0.05, 0.1) is 11.5 Å². The Morgan fingerprint density at radius 1 is 1.54 bits per heavy atom. The minimum absolute atomic E-state index is 0. The molecule has 11 heteroatoms. The highest BCUT2D eigenvalue weighted by Crippen LogP contribution is 2.22. The van der Waals surface area contributed by atoms with Crippen LogP contribution in [0.4, 0.5) is 5.69 Å². The number of guanidine groups is 1. The van der Waals surface area contributed by atoms with Crippen molar-refractivity contribution in [1.29, 1.82) is 0 Å². The second-order valence-corrected chi connectivity index (χ2v) is 8.02. The molecular formula is C15H27IN6O3S. The van der Waals surface area contributed by atoms with Crippen molar-refractivity contribution in [2.45, 2.75) is 50.4 Å². The molecule has 1 fully saturated rings. The largest absolute Gasteiger partial charge is 0.355 e. The first-order valence-corrected chi connectivity index (χ1v) is 9.93. The van der Waals surface area contributed by atoms with E-state index in [4.69, 9.17) is 0 Å². The Kier molecular flexibility index (Phi) is 10.1. The number of nitrogens with zero attached hydrogens (tertiary/aromatic N) is 4. The van der Waals surface area contributed by atoms with Crippen molar-refractivity contribution in [3.05, 3.63) is 22.5 Å². The number of aliphatic imine (C=N–C) groups is 1. The van der Waals surface area contributed by atoms with Crippen LogP contribution >= 0.6 is 24.0 Å². The summed E-state index contributed by atoms with van der Waals surface area (Å²) >= 11 is 0. The fourth-order valence-corrected chi connectivity index (χ4v) is 4.34. The van der Waals surface area contributed by atoms with Crippen LogP contribution in [0.1, 0.15) is 32.6 Å². The van der Waals surface area contributed by atoms with Crippen molar-refractivity contribution in [2.24, 2.45) is 4.99 Å². The van der Waals surface area contributed by atoms with Gasteiger partial charge in [-0.25, -0.2) is 0 Å². The van der Waals surface area contributed by atoms with Crippen LogP contribution in [-0.4, -0.2) is 55.5 Å². The van der Waals surface area contributed by atoms with Crippen LogP contribution in [0.5, 0.6) is 0 Å². The Balaban J connectivity index is 0.00000338. The quantitative estimate of drug-likeness (QED) is 0.194. The summed E-state index contributed by atoms with van der Waals surface area (Å²) in [6, 6.07) is 0.270. The Morgan fingerprint density at radius 2 is 2.31 bits per heavy atom. The zero-order valence-electron chi connectivity index (χ0n) is 15.1. The lowest BCUT2D eigenvalue weighted by Crippen LogP contribution is -2.47. The number of halogens is 1.